The summed E-state index contributed by atoms with van der Waals surface area (Å²) >= 11 is 0. The molecule has 1 atom stereocenters. The molecule has 2 aromatic rings. The second-order valence-electron chi connectivity index (χ2n) is 3.47. The standard InChI is InChI=1S/C12H12FNO/c13-11-6-5-10(12(14)7-15)8-3-1-2-4-9(8)11/h1-6,12,15H,7,14H2/t12-/m1/s1. The highest BCUT2D eigenvalue weighted by atomic mass is 19.1. The third-order valence-corrected chi connectivity index (χ3v) is 2.50. The van der Waals surface area contributed by atoms with Gasteiger partial charge in [0.05, 0.1) is 12.6 Å². The first kappa shape index (κ1) is 10.1. The predicted molar refractivity (Wildman–Crippen MR) is 57.9 cm³/mol. The van der Waals surface area contributed by atoms with E-state index < -0.39 is 6.04 Å². The van der Waals surface area contributed by atoms with Crippen molar-refractivity contribution >= 4 is 10.8 Å². The molecule has 0 spiro atoms. The monoisotopic (exact) mass is 205 g/mol. The molecular weight excluding hydrogens is 193 g/mol. The van der Waals surface area contributed by atoms with Gasteiger partial charge in [0.1, 0.15) is 5.82 Å². The van der Waals surface area contributed by atoms with Crippen LogP contribution in [-0.4, -0.2) is 11.7 Å². The van der Waals surface area contributed by atoms with Crippen LogP contribution >= 0.6 is 0 Å². The average Bonchev–Trinajstić information content (AvgIpc) is 2.29. The topological polar surface area (TPSA) is 46.2 Å². The van der Waals surface area contributed by atoms with Gasteiger partial charge in [0.25, 0.3) is 0 Å². The predicted octanol–water partition coefficient (Wildman–Crippen LogP) is 1.97. The van der Waals surface area contributed by atoms with Crippen LogP contribution in [-0.2, 0) is 0 Å². The fourth-order valence-electron chi connectivity index (χ4n) is 1.71. The molecule has 0 saturated carbocycles. The van der Waals surface area contributed by atoms with E-state index in [-0.39, 0.29) is 12.4 Å². The maximum Gasteiger partial charge on any atom is 0.131 e. The Morgan fingerprint density at radius 1 is 1.13 bits per heavy atom. The van der Waals surface area contributed by atoms with Crippen molar-refractivity contribution in [1.82, 2.24) is 0 Å². The van der Waals surface area contributed by atoms with Gasteiger partial charge in [-0.2, -0.15) is 0 Å². The third kappa shape index (κ3) is 1.71. The molecule has 0 aromatic heterocycles. The van der Waals surface area contributed by atoms with E-state index in [4.69, 9.17) is 10.8 Å². The Hall–Kier alpha value is -1.45. The van der Waals surface area contributed by atoms with Gasteiger partial charge >= 0.3 is 0 Å². The van der Waals surface area contributed by atoms with Gasteiger partial charge in [0, 0.05) is 5.39 Å². The lowest BCUT2D eigenvalue weighted by atomic mass is 9.99. The van der Waals surface area contributed by atoms with Crippen LogP contribution < -0.4 is 5.73 Å². The fraction of sp³-hybridized carbons (Fsp3) is 0.167. The van der Waals surface area contributed by atoms with Crippen LogP contribution in [0.15, 0.2) is 36.4 Å². The second kappa shape index (κ2) is 3.96. The lowest BCUT2D eigenvalue weighted by Gasteiger charge is -2.12. The van der Waals surface area contributed by atoms with Crippen LogP contribution in [0, 0.1) is 5.82 Å². The number of hydrogen-bond acceptors (Lipinski definition) is 2. The molecule has 3 N–H and O–H groups in total. The van der Waals surface area contributed by atoms with Gasteiger partial charge in [-0.15, -0.1) is 0 Å². The normalized spacial score (nSPS) is 13.0. The van der Waals surface area contributed by atoms with Gasteiger partial charge < -0.3 is 10.8 Å². The highest BCUT2D eigenvalue weighted by Gasteiger charge is 2.10. The Morgan fingerprint density at radius 3 is 2.47 bits per heavy atom. The third-order valence-electron chi connectivity index (χ3n) is 2.50. The first-order valence-corrected chi connectivity index (χ1v) is 4.77. The molecule has 0 bridgehead atoms. The van der Waals surface area contributed by atoms with Crippen molar-refractivity contribution in [3.63, 3.8) is 0 Å². The van der Waals surface area contributed by atoms with Crippen molar-refractivity contribution in [3.8, 4) is 0 Å². The van der Waals surface area contributed by atoms with Crippen molar-refractivity contribution in [3.05, 3.63) is 47.8 Å². The van der Waals surface area contributed by atoms with Crippen molar-refractivity contribution < 1.29 is 9.50 Å². The lowest BCUT2D eigenvalue weighted by molar-refractivity contribution is 0.268. The summed E-state index contributed by atoms with van der Waals surface area (Å²) in [5, 5.41) is 10.3. The number of aliphatic hydroxyl groups excluding tert-OH is 1. The number of nitrogens with two attached hydrogens (primary N) is 1. The number of halogens is 1. The van der Waals surface area contributed by atoms with Gasteiger partial charge in [-0.1, -0.05) is 30.3 Å². The zero-order valence-electron chi connectivity index (χ0n) is 8.15. The van der Waals surface area contributed by atoms with E-state index in [2.05, 4.69) is 0 Å². The van der Waals surface area contributed by atoms with Crippen LogP contribution in [0.4, 0.5) is 4.39 Å². The van der Waals surface area contributed by atoms with E-state index in [0.717, 1.165) is 10.9 Å². The Balaban J connectivity index is 2.71. The summed E-state index contributed by atoms with van der Waals surface area (Å²) in [6.07, 6.45) is 0. The summed E-state index contributed by atoms with van der Waals surface area (Å²) in [5.41, 5.74) is 6.51. The molecule has 0 fully saturated rings. The minimum absolute atomic E-state index is 0.143. The molecule has 3 heteroatoms. The number of aliphatic hydroxyl groups is 1. The van der Waals surface area contributed by atoms with Crippen molar-refractivity contribution in [2.24, 2.45) is 5.73 Å². The SMILES string of the molecule is N[C@H](CO)c1ccc(F)c2ccccc12. The molecule has 2 aromatic carbocycles. The Kier molecular flexibility index (Phi) is 2.66. The number of hydrogen-bond donors (Lipinski definition) is 2. The molecule has 0 aliphatic carbocycles. The second-order valence-corrected chi connectivity index (χ2v) is 3.47. The molecule has 0 unspecified atom stereocenters. The summed E-state index contributed by atoms with van der Waals surface area (Å²) in [5.74, 6) is -0.264. The highest BCUT2D eigenvalue weighted by molar-refractivity contribution is 5.86. The van der Waals surface area contributed by atoms with E-state index in [0.29, 0.717) is 5.39 Å². The van der Waals surface area contributed by atoms with E-state index in [9.17, 15) is 4.39 Å². The van der Waals surface area contributed by atoms with E-state index in [1.807, 2.05) is 12.1 Å². The largest absolute Gasteiger partial charge is 0.394 e. The minimum atomic E-state index is -0.463. The van der Waals surface area contributed by atoms with E-state index in [1.165, 1.54) is 6.07 Å². The molecule has 15 heavy (non-hydrogen) atoms. The molecule has 0 aliphatic heterocycles. The van der Waals surface area contributed by atoms with E-state index >= 15 is 0 Å². The van der Waals surface area contributed by atoms with Crippen molar-refractivity contribution in [1.29, 1.82) is 0 Å². The van der Waals surface area contributed by atoms with Crippen LogP contribution in [0.1, 0.15) is 11.6 Å². The summed E-state index contributed by atoms with van der Waals surface area (Å²) in [6, 6.07) is 9.66. The van der Waals surface area contributed by atoms with Gasteiger partial charge in [-0.25, -0.2) is 4.39 Å². The number of rotatable bonds is 2. The van der Waals surface area contributed by atoms with Gasteiger partial charge in [0.2, 0.25) is 0 Å². The van der Waals surface area contributed by atoms with Gasteiger partial charge in [-0.3, -0.25) is 0 Å². The van der Waals surface area contributed by atoms with Gasteiger partial charge in [0.15, 0.2) is 0 Å². The Bertz CT molecular complexity index is 484. The van der Waals surface area contributed by atoms with Crippen LogP contribution in [0.25, 0.3) is 10.8 Å². The molecule has 2 nitrogen and oxygen atoms in total. The first-order chi connectivity index (χ1) is 7.24. The first-order valence-electron chi connectivity index (χ1n) is 4.77. The average molecular weight is 205 g/mol. The lowest BCUT2D eigenvalue weighted by Crippen LogP contribution is -2.14. The van der Waals surface area contributed by atoms with Gasteiger partial charge in [-0.05, 0) is 17.0 Å². The molecular formula is C12H12FNO. The highest BCUT2D eigenvalue weighted by Crippen LogP contribution is 2.25. The van der Waals surface area contributed by atoms with E-state index in [1.54, 1.807) is 18.2 Å². The number of fused-ring (bicyclic) bond motifs is 1. The van der Waals surface area contributed by atoms with Crippen LogP contribution in [0.5, 0.6) is 0 Å². The maximum atomic E-state index is 13.4. The molecule has 0 aliphatic rings. The molecule has 2 rings (SSSR count). The smallest absolute Gasteiger partial charge is 0.131 e. The zero-order chi connectivity index (χ0) is 10.8. The molecule has 0 saturated heterocycles. The fourth-order valence-corrected chi connectivity index (χ4v) is 1.71. The molecule has 0 radical (unpaired) electrons. The zero-order valence-corrected chi connectivity index (χ0v) is 8.15. The van der Waals surface area contributed by atoms with Crippen molar-refractivity contribution in [2.75, 3.05) is 6.61 Å². The Labute approximate surface area is 87.1 Å². The quantitative estimate of drug-likeness (QED) is 0.787. The van der Waals surface area contributed by atoms with Crippen molar-refractivity contribution in [2.45, 2.75) is 6.04 Å². The van der Waals surface area contributed by atoms with Crippen LogP contribution in [0.2, 0.25) is 0 Å². The Morgan fingerprint density at radius 2 is 1.80 bits per heavy atom. The molecule has 0 amide bonds. The molecule has 78 valence electrons. The summed E-state index contributed by atoms with van der Waals surface area (Å²) in [4.78, 5) is 0. The maximum absolute atomic E-state index is 13.4. The van der Waals surface area contributed by atoms with Crippen LogP contribution in [0.3, 0.4) is 0 Å². The summed E-state index contributed by atoms with van der Waals surface area (Å²) < 4.78 is 13.4. The summed E-state index contributed by atoms with van der Waals surface area (Å²) in [6.45, 7) is -0.143. The summed E-state index contributed by atoms with van der Waals surface area (Å²) in [7, 11) is 0. The molecule has 0 heterocycles. The minimum Gasteiger partial charge on any atom is -0.394 e. The number of benzene rings is 2.